The number of hydrogen-bond acceptors (Lipinski definition) is 5. The summed E-state index contributed by atoms with van der Waals surface area (Å²) in [6.07, 6.45) is 0.531. The number of nitrogens with one attached hydrogen (secondary N) is 2. The van der Waals surface area contributed by atoms with Crippen LogP contribution in [0.5, 0.6) is 0 Å². The molecule has 0 aromatic heterocycles. The Morgan fingerprint density at radius 3 is 2.61 bits per heavy atom. The topological polar surface area (TPSA) is 105 Å². The second-order valence-corrected chi connectivity index (χ2v) is 7.27. The Balaban J connectivity index is 3.07. The first-order chi connectivity index (χ1) is 10.8. The molecule has 0 atom stereocenters. The second kappa shape index (κ2) is 8.85. The zero-order valence-electron chi connectivity index (χ0n) is 13.6. The normalized spacial score (nSPS) is 11.7. The van der Waals surface area contributed by atoms with Gasteiger partial charge in [0.05, 0.1) is 11.3 Å². The predicted molar refractivity (Wildman–Crippen MR) is 88.4 cm³/mol. The Hall–Kier alpha value is -1.64. The Kier molecular flexibility index (Phi) is 7.47. The van der Waals surface area contributed by atoms with Crippen molar-refractivity contribution in [1.29, 1.82) is 0 Å². The standard InChI is InChI=1S/C15H24N2O5S/c1-11(2)10-16-13-6-5-12(15(18)19)9-14(13)23(20,21)17-7-4-8-22-3/h5-6,9,11,16-17H,4,7-8,10H2,1-3H3,(H,18,19). The number of anilines is 1. The molecule has 0 aliphatic rings. The summed E-state index contributed by atoms with van der Waals surface area (Å²) in [6, 6.07) is 4.04. The van der Waals surface area contributed by atoms with Gasteiger partial charge in [0, 0.05) is 26.8 Å². The number of hydrogen-bond donors (Lipinski definition) is 3. The SMILES string of the molecule is COCCCNS(=O)(=O)c1cc(C(=O)O)ccc1NCC(C)C. The van der Waals surface area contributed by atoms with E-state index in [1.54, 1.807) is 7.11 Å². The van der Waals surface area contributed by atoms with Crippen molar-refractivity contribution < 1.29 is 23.1 Å². The van der Waals surface area contributed by atoms with E-state index in [0.29, 0.717) is 31.2 Å². The number of carboxylic acids is 1. The van der Waals surface area contributed by atoms with Gasteiger partial charge < -0.3 is 15.2 Å². The van der Waals surface area contributed by atoms with Crippen LogP contribution in [0.3, 0.4) is 0 Å². The highest BCUT2D eigenvalue weighted by Crippen LogP contribution is 2.23. The zero-order valence-corrected chi connectivity index (χ0v) is 14.4. The molecule has 1 rings (SSSR count). The molecule has 8 heteroatoms. The highest BCUT2D eigenvalue weighted by Gasteiger charge is 2.20. The first-order valence-electron chi connectivity index (χ1n) is 7.37. The van der Waals surface area contributed by atoms with Gasteiger partial charge in [-0.25, -0.2) is 17.9 Å². The molecule has 0 fully saturated rings. The Bertz CT molecular complexity index is 629. The molecule has 3 N–H and O–H groups in total. The van der Waals surface area contributed by atoms with E-state index in [9.17, 15) is 13.2 Å². The highest BCUT2D eigenvalue weighted by atomic mass is 32.2. The van der Waals surface area contributed by atoms with Crippen molar-refractivity contribution >= 4 is 21.7 Å². The Labute approximate surface area is 137 Å². The van der Waals surface area contributed by atoms with E-state index < -0.39 is 16.0 Å². The molecule has 0 radical (unpaired) electrons. The fourth-order valence-corrected chi connectivity index (χ4v) is 3.12. The van der Waals surface area contributed by atoms with Gasteiger partial charge in [-0.3, -0.25) is 0 Å². The summed E-state index contributed by atoms with van der Waals surface area (Å²) in [4.78, 5) is 11.0. The van der Waals surface area contributed by atoms with E-state index in [1.807, 2.05) is 13.8 Å². The molecule has 130 valence electrons. The van der Waals surface area contributed by atoms with Crippen LogP contribution >= 0.6 is 0 Å². The van der Waals surface area contributed by atoms with Crippen molar-refractivity contribution in [3.05, 3.63) is 23.8 Å². The number of carbonyl (C=O) groups is 1. The molecule has 0 amide bonds. The number of ether oxygens (including phenoxy) is 1. The third-order valence-electron chi connectivity index (χ3n) is 3.04. The lowest BCUT2D eigenvalue weighted by Crippen LogP contribution is -2.27. The van der Waals surface area contributed by atoms with Gasteiger partial charge in [-0.15, -0.1) is 0 Å². The highest BCUT2D eigenvalue weighted by molar-refractivity contribution is 7.89. The molecule has 0 saturated heterocycles. The molecule has 0 unspecified atom stereocenters. The average Bonchev–Trinajstić information content (AvgIpc) is 2.49. The largest absolute Gasteiger partial charge is 0.478 e. The lowest BCUT2D eigenvalue weighted by atomic mass is 10.2. The third kappa shape index (κ3) is 6.17. The molecule has 0 bridgehead atoms. The molecule has 1 aromatic rings. The molecule has 23 heavy (non-hydrogen) atoms. The van der Waals surface area contributed by atoms with Gasteiger partial charge in [-0.1, -0.05) is 13.8 Å². The van der Waals surface area contributed by atoms with Crippen LogP contribution in [0, 0.1) is 5.92 Å². The van der Waals surface area contributed by atoms with Crippen molar-refractivity contribution in [3.63, 3.8) is 0 Å². The fraction of sp³-hybridized carbons (Fsp3) is 0.533. The molecule has 0 saturated carbocycles. The maximum Gasteiger partial charge on any atom is 0.335 e. The number of aromatic carboxylic acids is 1. The molecule has 0 aliphatic carbocycles. The first-order valence-corrected chi connectivity index (χ1v) is 8.86. The number of sulfonamides is 1. The first kappa shape index (κ1) is 19.4. The van der Waals surface area contributed by atoms with Gasteiger partial charge in [-0.2, -0.15) is 0 Å². The lowest BCUT2D eigenvalue weighted by molar-refractivity contribution is 0.0696. The molecular weight excluding hydrogens is 320 g/mol. The Morgan fingerprint density at radius 1 is 1.35 bits per heavy atom. The summed E-state index contributed by atoms with van der Waals surface area (Å²) >= 11 is 0. The molecule has 7 nitrogen and oxygen atoms in total. The summed E-state index contributed by atoms with van der Waals surface area (Å²) in [5, 5.41) is 12.1. The zero-order chi connectivity index (χ0) is 17.5. The van der Waals surface area contributed by atoms with Crippen LogP contribution in [-0.2, 0) is 14.8 Å². The van der Waals surface area contributed by atoms with E-state index >= 15 is 0 Å². The van der Waals surface area contributed by atoms with Crippen molar-refractivity contribution in [2.24, 2.45) is 5.92 Å². The number of carboxylic acid groups (broad SMARTS) is 1. The number of rotatable bonds is 10. The van der Waals surface area contributed by atoms with Crippen LogP contribution in [0.4, 0.5) is 5.69 Å². The summed E-state index contributed by atoms with van der Waals surface area (Å²) in [5.41, 5.74) is 0.320. The third-order valence-corrected chi connectivity index (χ3v) is 4.54. The average molecular weight is 344 g/mol. The van der Waals surface area contributed by atoms with Gasteiger partial charge >= 0.3 is 5.97 Å². The van der Waals surface area contributed by atoms with Crippen molar-refractivity contribution in [2.75, 3.05) is 32.1 Å². The summed E-state index contributed by atoms with van der Waals surface area (Å²) < 4.78 is 32.2. The van der Waals surface area contributed by atoms with Gasteiger partial charge in [0.2, 0.25) is 10.0 Å². The number of methoxy groups -OCH3 is 1. The second-order valence-electron chi connectivity index (χ2n) is 5.53. The summed E-state index contributed by atoms with van der Waals surface area (Å²) in [5.74, 6) is -0.851. The van der Waals surface area contributed by atoms with Crippen molar-refractivity contribution in [2.45, 2.75) is 25.2 Å². The quantitative estimate of drug-likeness (QED) is 0.559. The monoisotopic (exact) mass is 344 g/mol. The van der Waals surface area contributed by atoms with Gasteiger partial charge in [0.1, 0.15) is 4.90 Å². The van der Waals surface area contributed by atoms with Crippen molar-refractivity contribution in [3.8, 4) is 0 Å². The van der Waals surface area contributed by atoms with Crippen LogP contribution in [0.2, 0.25) is 0 Å². The Morgan fingerprint density at radius 2 is 2.04 bits per heavy atom. The minimum Gasteiger partial charge on any atom is -0.478 e. The van der Waals surface area contributed by atoms with E-state index in [-0.39, 0.29) is 17.0 Å². The minimum atomic E-state index is -3.81. The number of benzene rings is 1. The smallest absolute Gasteiger partial charge is 0.335 e. The van der Waals surface area contributed by atoms with Gasteiger partial charge in [0.15, 0.2) is 0 Å². The van der Waals surface area contributed by atoms with Crippen LogP contribution < -0.4 is 10.0 Å². The molecule has 0 aliphatic heterocycles. The minimum absolute atomic E-state index is 0.0598. The van der Waals surface area contributed by atoms with E-state index in [4.69, 9.17) is 9.84 Å². The van der Waals surface area contributed by atoms with Crippen LogP contribution in [0.25, 0.3) is 0 Å². The van der Waals surface area contributed by atoms with Gasteiger partial charge in [-0.05, 0) is 30.5 Å². The van der Waals surface area contributed by atoms with E-state index in [1.165, 1.54) is 18.2 Å². The predicted octanol–water partition coefficient (Wildman–Crippen LogP) is 1.77. The van der Waals surface area contributed by atoms with E-state index in [0.717, 1.165) is 0 Å². The maximum atomic E-state index is 12.5. The molecule has 1 aromatic carbocycles. The molecule has 0 spiro atoms. The maximum absolute atomic E-state index is 12.5. The van der Waals surface area contributed by atoms with Crippen LogP contribution in [0.15, 0.2) is 23.1 Å². The molecular formula is C15H24N2O5S. The van der Waals surface area contributed by atoms with Gasteiger partial charge in [0.25, 0.3) is 0 Å². The van der Waals surface area contributed by atoms with Crippen molar-refractivity contribution in [1.82, 2.24) is 4.72 Å². The fourth-order valence-electron chi connectivity index (χ4n) is 1.84. The van der Waals surface area contributed by atoms with E-state index in [2.05, 4.69) is 10.0 Å². The lowest BCUT2D eigenvalue weighted by Gasteiger charge is -2.15. The van der Waals surface area contributed by atoms with Crippen LogP contribution in [0.1, 0.15) is 30.6 Å². The summed E-state index contributed by atoms with van der Waals surface area (Å²) in [6.45, 7) is 5.23. The van der Waals surface area contributed by atoms with Crippen LogP contribution in [-0.4, -0.2) is 46.3 Å². The molecule has 0 heterocycles. The summed E-state index contributed by atoms with van der Waals surface area (Å²) in [7, 11) is -2.27.